The molecule has 4 aromatic rings. The quantitative estimate of drug-likeness (QED) is 0.312. The first kappa shape index (κ1) is 22.5. The number of hydrogen-bond acceptors (Lipinski definition) is 9. The number of nitrogens with zero attached hydrogens (tertiary/aromatic N) is 5. The maximum atomic E-state index is 12.4. The van der Waals surface area contributed by atoms with Crippen molar-refractivity contribution in [2.24, 2.45) is 5.10 Å². The molecular formula is C25H25N7O3. The zero-order chi connectivity index (χ0) is 24.0. The number of aromatic amines is 1. The Morgan fingerprint density at radius 3 is 2.83 bits per heavy atom. The molecule has 5 rings (SSSR count). The van der Waals surface area contributed by atoms with Gasteiger partial charge in [-0.15, -0.1) is 0 Å². The second-order valence-electron chi connectivity index (χ2n) is 8.10. The lowest BCUT2D eigenvalue weighted by atomic mass is 10.2. The Morgan fingerprint density at radius 2 is 1.97 bits per heavy atom. The van der Waals surface area contributed by atoms with Gasteiger partial charge in [0, 0.05) is 19.2 Å². The summed E-state index contributed by atoms with van der Waals surface area (Å²) in [5.41, 5.74) is 5.48. The third-order valence-electron chi connectivity index (χ3n) is 5.46. The number of rotatable bonds is 7. The summed E-state index contributed by atoms with van der Waals surface area (Å²) in [7, 11) is 0. The Balaban J connectivity index is 1.37. The molecule has 2 aromatic carbocycles. The number of hydrazone groups is 1. The van der Waals surface area contributed by atoms with Crippen LogP contribution in [0.15, 0.2) is 64.5 Å². The van der Waals surface area contributed by atoms with Crippen molar-refractivity contribution in [3.63, 3.8) is 0 Å². The number of aromatic nitrogens is 4. The topological polar surface area (TPSA) is 118 Å². The summed E-state index contributed by atoms with van der Waals surface area (Å²) in [6.45, 7) is 4.71. The van der Waals surface area contributed by atoms with Crippen molar-refractivity contribution in [1.29, 1.82) is 0 Å². The van der Waals surface area contributed by atoms with E-state index in [0.717, 1.165) is 11.1 Å². The maximum Gasteiger partial charge on any atom is 0.320 e. The molecule has 0 unspecified atom stereocenters. The van der Waals surface area contributed by atoms with E-state index in [1.165, 1.54) is 0 Å². The molecule has 1 aliphatic heterocycles. The molecule has 1 aliphatic rings. The van der Waals surface area contributed by atoms with Gasteiger partial charge in [0.2, 0.25) is 0 Å². The number of hydrogen-bond donors (Lipinski definition) is 2. The fourth-order valence-electron chi connectivity index (χ4n) is 3.75. The lowest BCUT2D eigenvalue weighted by Crippen LogP contribution is -2.36. The molecule has 0 saturated carbocycles. The van der Waals surface area contributed by atoms with Crippen molar-refractivity contribution >= 4 is 28.8 Å². The van der Waals surface area contributed by atoms with Gasteiger partial charge < -0.3 is 19.4 Å². The van der Waals surface area contributed by atoms with Crippen LogP contribution < -0.4 is 20.6 Å². The zero-order valence-corrected chi connectivity index (χ0v) is 19.3. The number of anilines is 2. The van der Waals surface area contributed by atoms with E-state index in [1.807, 2.05) is 43.3 Å². The van der Waals surface area contributed by atoms with Crippen LogP contribution >= 0.6 is 0 Å². The van der Waals surface area contributed by atoms with E-state index < -0.39 is 0 Å². The van der Waals surface area contributed by atoms with Crippen molar-refractivity contribution in [2.75, 3.05) is 36.6 Å². The number of H-pyrrole nitrogens is 1. The number of aryl methyl sites for hydroxylation is 1. The molecule has 35 heavy (non-hydrogen) atoms. The molecular weight excluding hydrogens is 446 g/mol. The SMILES string of the molecule is Cc1cccc(C=NNc2cc(N3CCOCC3)nc(OCc3nc4ccccc4c(=O)[nH]3)n2)c1. The summed E-state index contributed by atoms with van der Waals surface area (Å²) in [4.78, 5) is 30.7. The third-order valence-corrected chi connectivity index (χ3v) is 5.46. The normalized spacial score (nSPS) is 13.9. The summed E-state index contributed by atoms with van der Waals surface area (Å²) in [6, 6.07) is 17.2. The van der Waals surface area contributed by atoms with Gasteiger partial charge in [-0.1, -0.05) is 42.0 Å². The van der Waals surface area contributed by atoms with Gasteiger partial charge in [-0.25, -0.2) is 4.98 Å². The Kier molecular flexibility index (Phi) is 6.62. The van der Waals surface area contributed by atoms with Gasteiger partial charge in [0.1, 0.15) is 18.2 Å². The van der Waals surface area contributed by atoms with E-state index in [9.17, 15) is 4.79 Å². The summed E-state index contributed by atoms with van der Waals surface area (Å²) in [5.74, 6) is 1.58. The highest BCUT2D eigenvalue weighted by Crippen LogP contribution is 2.21. The van der Waals surface area contributed by atoms with E-state index in [1.54, 1.807) is 24.4 Å². The number of nitrogens with one attached hydrogen (secondary N) is 2. The average Bonchev–Trinajstić information content (AvgIpc) is 2.88. The van der Waals surface area contributed by atoms with Crippen LogP contribution in [0.3, 0.4) is 0 Å². The molecule has 1 saturated heterocycles. The smallest absolute Gasteiger partial charge is 0.320 e. The molecule has 0 bridgehead atoms. The lowest BCUT2D eigenvalue weighted by Gasteiger charge is -2.28. The number of fused-ring (bicyclic) bond motifs is 1. The minimum atomic E-state index is -0.218. The van der Waals surface area contributed by atoms with Gasteiger partial charge in [-0.05, 0) is 24.6 Å². The maximum absolute atomic E-state index is 12.4. The van der Waals surface area contributed by atoms with Crippen molar-refractivity contribution in [1.82, 2.24) is 19.9 Å². The molecule has 0 amide bonds. The van der Waals surface area contributed by atoms with Crippen molar-refractivity contribution < 1.29 is 9.47 Å². The Hall–Kier alpha value is -4.31. The Morgan fingerprint density at radius 1 is 1.11 bits per heavy atom. The second-order valence-corrected chi connectivity index (χ2v) is 8.10. The summed E-state index contributed by atoms with van der Waals surface area (Å²) < 4.78 is 11.3. The van der Waals surface area contributed by atoms with Crippen LogP contribution in [-0.2, 0) is 11.3 Å². The molecule has 3 heterocycles. The van der Waals surface area contributed by atoms with Crippen molar-refractivity contribution in [2.45, 2.75) is 13.5 Å². The molecule has 2 aromatic heterocycles. The Bertz CT molecular complexity index is 1410. The monoisotopic (exact) mass is 471 g/mol. The van der Waals surface area contributed by atoms with Gasteiger partial charge >= 0.3 is 6.01 Å². The number of morpholine rings is 1. The minimum absolute atomic E-state index is 0.0125. The highest BCUT2D eigenvalue weighted by atomic mass is 16.5. The molecule has 2 N–H and O–H groups in total. The largest absolute Gasteiger partial charge is 0.455 e. The van der Waals surface area contributed by atoms with Crippen molar-refractivity contribution in [3.05, 3.63) is 81.9 Å². The van der Waals surface area contributed by atoms with E-state index in [4.69, 9.17) is 9.47 Å². The minimum Gasteiger partial charge on any atom is -0.455 e. The molecule has 0 radical (unpaired) electrons. The molecule has 10 nitrogen and oxygen atoms in total. The van der Waals surface area contributed by atoms with Crippen LogP contribution in [0.2, 0.25) is 0 Å². The predicted molar refractivity (Wildman–Crippen MR) is 134 cm³/mol. The highest BCUT2D eigenvalue weighted by molar-refractivity contribution is 5.80. The molecule has 0 aliphatic carbocycles. The molecule has 1 fully saturated rings. The Labute approximate surface area is 201 Å². The fraction of sp³-hybridized carbons (Fsp3) is 0.240. The fourth-order valence-corrected chi connectivity index (χ4v) is 3.75. The van der Waals surface area contributed by atoms with Gasteiger partial charge in [0.05, 0.1) is 30.3 Å². The van der Waals surface area contributed by atoms with Crippen LogP contribution in [0.4, 0.5) is 11.6 Å². The van der Waals surface area contributed by atoms with Gasteiger partial charge in [0.25, 0.3) is 5.56 Å². The number of benzene rings is 2. The van der Waals surface area contributed by atoms with Crippen LogP contribution in [-0.4, -0.2) is 52.5 Å². The van der Waals surface area contributed by atoms with E-state index in [2.05, 4.69) is 35.4 Å². The standard InChI is InChI=1S/C25H25N7O3/c1-17-5-4-6-18(13-17)15-26-31-21-14-23(32-9-11-34-12-10-32)30-25(29-21)35-16-22-27-20-8-3-2-7-19(20)24(33)28-22/h2-8,13-15H,9-12,16H2,1H3,(H,27,28,33)(H,29,30,31). The van der Waals surface area contributed by atoms with Gasteiger partial charge in [-0.3, -0.25) is 10.2 Å². The number of para-hydroxylation sites is 1. The van der Waals surface area contributed by atoms with Crippen LogP contribution in [0.1, 0.15) is 17.0 Å². The van der Waals surface area contributed by atoms with Crippen LogP contribution in [0.5, 0.6) is 6.01 Å². The third kappa shape index (κ3) is 5.61. The average molecular weight is 472 g/mol. The summed E-state index contributed by atoms with van der Waals surface area (Å²) in [5, 5.41) is 4.85. The van der Waals surface area contributed by atoms with Gasteiger partial charge in [0.15, 0.2) is 5.82 Å². The van der Waals surface area contributed by atoms with E-state index >= 15 is 0 Å². The molecule has 178 valence electrons. The molecule has 0 spiro atoms. The predicted octanol–water partition coefficient (Wildman–Crippen LogP) is 2.88. The molecule has 0 atom stereocenters. The molecule has 10 heteroatoms. The van der Waals surface area contributed by atoms with E-state index in [0.29, 0.717) is 54.7 Å². The van der Waals surface area contributed by atoms with Crippen LogP contribution in [0, 0.1) is 6.92 Å². The summed E-state index contributed by atoms with van der Waals surface area (Å²) in [6.07, 6.45) is 1.73. The summed E-state index contributed by atoms with van der Waals surface area (Å²) >= 11 is 0. The highest BCUT2D eigenvalue weighted by Gasteiger charge is 2.16. The van der Waals surface area contributed by atoms with Crippen molar-refractivity contribution in [3.8, 4) is 6.01 Å². The second kappa shape index (κ2) is 10.3. The zero-order valence-electron chi connectivity index (χ0n) is 19.3. The lowest BCUT2D eigenvalue weighted by molar-refractivity contribution is 0.122. The van der Waals surface area contributed by atoms with Gasteiger partial charge in [-0.2, -0.15) is 15.1 Å². The first-order valence-corrected chi connectivity index (χ1v) is 11.3. The van der Waals surface area contributed by atoms with Crippen LogP contribution in [0.25, 0.3) is 10.9 Å². The first-order chi connectivity index (χ1) is 17.1. The number of ether oxygens (including phenoxy) is 2. The van der Waals surface area contributed by atoms with E-state index in [-0.39, 0.29) is 18.2 Å². The first-order valence-electron chi connectivity index (χ1n) is 11.3.